The van der Waals surface area contributed by atoms with E-state index in [1.54, 1.807) is 18.2 Å². The summed E-state index contributed by atoms with van der Waals surface area (Å²) in [5.74, 6) is -1.93. The largest absolute Gasteiger partial charge is 0.480 e. The molecule has 0 aliphatic rings. The topological polar surface area (TPSA) is 113 Å². The predicted molar refractivity (Wildman–Crippen MR) is 165 cm³/mol. The van der Waals surface area contributed by atoms with Crippen LogP contribution in [-0.4, -0.2) is 31.4 Å². The van der Waals surface area contributed by atoms with Gasteiger partial charge in [-0.25, -0.2) is 13.2 Å². The molecule has 0 aliphatic heterocycles. The summed E-state index contributed by atoms with van der Waals surface area (Å²) in [5.41, 5.74) is 3.61. The van der Waals surface area contributed by atoms with Crippen LogP contribution in [0.3, 0.4) is 0 Å². The van der Waals surface area contributed by atoms with Crippen molar-refractivity contribution in [2.75, 3.05) is 4.72 Å². The lowest BCUT2D eigenvalue weighted by Crippen LogP contribution is -2.42. The van der Waals surface area contributed by atoms with Gasteiger partial charge in [0, 0.05) is 10.9 Å². The van der Waals surface area contributed by atoms with E-state index in [1.165, 1.54) is 24.3 Å². The number of benzene rings is 4. The Hall–Kier alpha value is -3.95. The molecule has 0 fully saturated rings. The van der Waals surface area contributed by atoms with E-state index in [-0.39, 0.29) is 28.0 Å². The first-order valence-corrected chi connectivity index (χ1v) is 15.2. The highest BCUT2D eigenvalue weighted by Gasteiger charge is 2.25. The van der Waals surface area contributed by atoms with Crippen molar-refractivity contribution in [3.05, 3.63) is 118 Å². The molecule has 1 atom stereocenters. The van der Waals surface area contributed by atoms with E-state index in [0.717, 1.165) is 22.3 Å². The van der Waals surface area contributed by atoms with E-state index in [2.05, 4.69) is 26.0 Å². The summed E-state index contributed by atoms with van der Waals surface area (Å²) in [6, 6.07) is 27.1. The summed E-state index contributed by atoms with van der Waals surface area (Å²) in [6.07, 6.45) is 0.0470. The van der Waals surface area contributed by atoms with Crippen LogP contribution in [0.4, 0.5) is 5.69 Å². The number of rotatable bonds is 9. The van der Waals surface area contributed by atoms with Gasteiger partial charge in [0.2, 0.25) is 0 Å². The molecule has 4 aromatic rings. The smallest absolute Gasteiger partial charge is 0.326 e. The Morgan fingerprint density at radius 2 is 1.46 bits per heavy atom. The van der Waals surface area contributed by atoms with Gasteiger partial charge in [-0.05, 0) is 58.0 Å². The molecule has 0 aliphatic carbocycles. The quantitative estimate of drug-likeness (QED) is 0.191. The van der Waals surface area contributed by atoms with Crippen molar-refractivity contribution in [1.29, 1.82) is 0 Å². The predicted octanol–water partition coefficient (Wildman–Crippen LogP) is 6.64. The van der Waals surface area contributed by atoms with E-state index in [0.29, 0.717) is 4.47 Å². The van der Waals surface area contributed by atoms with Crippen molar-refractivity contribution in [3.8, 4) is 11.1 Å². The molecule has 41 heavy (non-hydrogen) atoms. The van der Waals surface area contributed by atoms with Crippen molar-refractivity contribution in [3.63, 3.8) is 0 Å². The molecular weight excluding hydrogens is 604 g/mol. The number of hydrogen-bond donors (Lipinski definition) is 3. The number of nitrogens with one attached hydrogen (secondary N) is 2. The van der Waals surface area contributed by atoms with Gasteiger partial charge < -0.3 is 10.4 Å². The number of carbonyl (C=O) groups is 2. The lowest BCUT2D eigenvalue weighted by molar-refractivity contribution is -0.139. The molecule has 0 spiro atoms. The highest BCUT2D eigenvalue weighted by atomic mass is 79.9. The Bertz CT molecular complexity index is 1650. The monoisotopic (exact) mass is 634 g/mol. The van der Waals surface area contributed by atoms with Crippen molar-refractivity contribution in [2.45, 2.75) is 43.5 Å². The van der Waals surface area contributed by atoms with Crippen LogP contribution >= 0.6 is 15.9 Å². The lowest BCUT2D eigenvalue weighted by atomic mass is 9.87. The van der Waals surface area contributed by atoms with Crippen LogP contribution in [0.15, 0.2) is 106 Å². The van der Waals surface area contributed by atoms with Crippen molar-refractivity contribution in [2.24, 2.45) is 0 Å². The third-order valence-corrected chi connectivity index (χ3v) is 8.48. The van der Waals surface area contributed by atoms with Crippen LogP contribution in [0, 0.1) is 0 Å². The van der Waals surface area contributed by atoms with Crippen LogP contribution in [0.5, 0.6) is 0 Å². The second kappa shape index (κ2) is 12.3. The zero-order valence-corrected chi connectivity index (χ0v) is 25.3. The molecule has 3 N–H and O–H groups in total. The third kappa shape index (κ3) is 7.62. The van der Waals surface area contributed by atoms with E-state index in [1.807, 2.05) is 75.4 Å². The van der Waals surface area contributed by atoms with Gasteiger partial charge >= 0.3 is 5.97 Å². The second-order valence-electron chi connectivity index (χ2n) is 10.7. The average molecular weight is 636 g/mol. The van der Waals surface area contributed by atoms with Crippen molar-refractivity contribution in [1.82, 2.24) is 5.32 Å². The minimum atomic E-state index is -4.03. The Balaban J connectivity index is 1.53. The minimum Gasteiger partial charge on any atom is -0.480 e. The first-order chi connectivity index (χ1) is 19.3. The summed E-state index contributed by atoms with van der Waals surface area (Å²) in [4.78, 5) is 25.4. The molecule has 0 bridgehead atoms. The van der Waals surface area contributed by atoms with Crippen LogP contribution in [-0.2, 0) is 26.7 Å². The van der Waals surface area contributed by atoms with Gasteiger partial charge in [0.05, 0.1) is 16.1 Å². The number of amides is 1. The number of carboxylic acids is 1. The fraction of sp³-hybridized carbons (Fsp3) is 0.188. The van der Waals surface area contributed by atoms with Gasteiger partial charge in [-0.15, -0.1) is 0 Å². The fourth-order valence-electron chi connectivity index (χ4n) is 4.27. The summed E-state index contributed by atoms with van der Waals surface area (Å²) < 4.78 is 29.4. The van der Waals surface area contributed by atoms with Gasteiger partial charge in [0.1, 0.15) is 6.04 Å². The van der Waals surface area contributed by atoms with E-state index < -0.39 is 27.9 Å². The van der Waals surface area contributed by atoms with Gasteiger partial charge in [-0.1, -0.05) is 103 Å². The Morgan fingerprint density at radius 3 is 2.05 bits per heavy atom. The van der Waals surface area contributed by atoms with Crippen LogP contribution < -0.4 is 10.0 Å². The number of halogens is 1. The zero-order valence-electron chi connectivity index (χ0n) is 22.9. The minimum absolute atomic E-state index is 0.0139. The SMILES string of the molecule is CC(C)(C)c1ccc(S(=O)(=O)Nc2ccc(Br)cc2C(=O)NC(Cc2ccc(-c3ccccc3)cc2)C(=O)O)cc1. The van der Waals surface area contributed by atoms with Crippen molar-refractivity contribution < 1.29 is 23.1 Å². The average Bonchev–Trinajstić information content (AvgIpc) is 2.94. The Morgan fingerprint density at radius 1 is 0.854 bits per heavy atom. The summed E-state index contributed by atoms with van der Waals surface area (Å²) in [7, 11) is -4.03. The molecule has 7 nitrogen and oxygen atoms in total. The lowest BCUT2D eigenvalue weighted by Gasteiger charge is -2.20. The first-order valence-electron chi connectivity index (χ1n) is 12.9. The maximum Gasteiger partial charge on any atom is 0.326 e. The molecule has 1 unspecified atom stereocenters. The summed E-state index contributed by atoms with van der Waals surface area (Å²) >= 11 is 3.32. The van der Waals surface area contributed by atoms with Crippen LogP contribution in [0.2, 0.25) is 0 Å². The fourth-order valence-corrected chi connectivity index (χ4v) is 5.71. The molecule has 0 aromatic heterocycles. The standard InChI is InChI=1S/C32H31BrN2O5S/c1-32(2,3)24-13-16-26(17-14-24)41(39,40)35-28-18-15-25(33)20-27(28)30(36)34-29(31(37)38)19-21-9-11-23(12-10-21)22-7-5-4-6-8-22/h4-18,20,29,35H,19H2,1-3H3,(H,34,36)(H,37,38). The van der Waals surface area contributed by atoms with E-state index in [4.69, 9.17) is 0 Å². The van der Waals surface area contributed by atoms with E-state index >= 15 is 0 Å². The summed E-state index contributed by atoms with van der Waals surface area (Å²) in [5, 5.41) is 12.4. The highest BCUT2D eigenvalue weighted by Crippen LogP contribution is 2.27. The van der Waals surface area contributed by atoms with Crippen LogP contribution in [0.25, 0.3) is 11.1 Å². The van der Waals surface area contributed by atoms with E-state index in [9.17, 15) is 23.1 Å². The molecule has 1 amide bonds. The maximum atomic E-state index is 13.3. The molecule has 9 heteroatoms. The van der Waals surface area contributed by atoms with Crippen molar-refractivity contribution >= 4 is 43.5 Å². The molecule has 4 rings (SSSR count). The number of aliphatic carboxylic acids is 1. The Kier molecular flexibility index (Phi) is 8.99. The summed E-state index contributed by atoms with van der Waals surface area (Å²) in [6.45, 7) is 6.10. The number of carboxylic acid groups (broad SMARTS) is 1. The molecule has 0 heterocycles. The molecule has 0 saturated carbocycles. The number of carbonyl (C=O) groups excluding carboxylic acids is 1. The molecule has 0 radical (unpaired) electrons. The van der Waals surface area contributed by atoms with Gasteiger partial charge in [0.15, 0.2) is 0 Å². The second-order valence-corrected chi connectivity index (χ2v) is 13.3. The van der Waals surface area contributed by atoms with Gasteiger partial charge in [-0.3, -0.25) is 9.52 Å². The maximum absolute atomic E-state index is 13.3. The number of anilines is 1. The third-order valence-electron chi connectivity index (χ3n) is 6.61. The molecular formula is C32H31BrN2O5S. The molecule has 4 aromatic carbocycles. The number of hydrogen-bond acceptors (Lipinski definition) is 4. The Labute approximate surface area is 248 Å². The normalized spacial score (nSPS) is 12.4. The van der Waals surface area contributed by atoms with Gasteiger partial charge in [0.25, 0.3) is 15.9 Å². The highest BCUT2D eigenvalue weighted by molar-refractivity contribution is 9.10. The molecule has 0 saturated heterocycles. The first kappa shape index (κ1) is 30.0. The zero-order chi connectivity index (χ0) is 29.8. The van der Waals surface area contributed by atoms with Crippen LogP contribution in [0.1, 0.15) is 42.3 Å². The molecule has 212 valence electrons. The van der Waals surface area contributed by atoms with Gasteiger partial charge in [-0.2, -0.15) is 0 Å². The number of sulfonamides is 1.